The van der Waals surface area contributed by atoms with E-state index in [2.05, 4.69) is 27.8 Å². The van der Waals surface area contributed by atoms with Gasteiger partial charge in [-0.15, -0.1) is 0 Å². The number of hydrogen-bond donors (Lipinski definition) is 3. The predicted octanol–water partition coefficient (Wildman–Crippen LogP) is 2.62. The minimum atomic E-state index is -4.23. The molecule has 206 valence electrons. The Kier molecular flexibility index (Phi) is 8.04. The first kappa shape index (κ1) is 27.3. The number of allylic oxidation sites excluding steroid dienone is 2. The first-order valence-corrected chi connectivity index (χ1v) is 14.3. The summed E-state index contributed by atoms with van der Waals surface area (Å²) in [6.07, 6.45) is -2.88. The van der Waals surface area contributed by atoms with Gasteiger partial charge in [-0.2, -0.15) is 5.26 Å². The van der Waals surface area contributed by atoms with Crippen LogP contribution in [0.2, 0.25) is 0 Å². The first-order chi connectivity index (χ1) is 18.8. The van der Waals surface area contributed by atoms with Crippen molar-refractivity contribution in [2.75, 3.05) is 44.4 Å². The van der Waals surface area contributed by atoms with E-state index in [9.17, 15) is 23.9 Å². The molecule has 0 unspecified atom stereocenters. The lowest BCUT2D eigenvalue weighted by Crippen LogP contribution is -2.49. The average Bonchev–Trinajstić information content (AvgIpc) is 3.44. The van der Waals surface area contributed by atoms with E-state index in [1.54, 1.807) is 18.2 Å². The number of sulfonamides is 1. The van der Waals surface area contributed by atoms with Gasteiger partial charge in [0.25, 0.3) is 10.0 Å². The van der Waals surface area contributed by atoms with E-state index in [-0.39, 0.29) is 30.9 Å². The summed E-state index contributed by atoms with van der Waals surface area (Å²) < 4.78 is 45.0. The molecule has 0 bridgehead atoms. The van der Waals surface area contributed by atoms with E-state index in [4.69, 9.17) is 13.9 Å². The van der Waals surface area contributed by atoms with Gasteiger partial charge in [-0.1, -0.05) is 18.2 Å². The number of furan rings is 1. The maximum Gasteiger partial charge on any atom is 0.251 e. The van der Waals surface area contributed by atoms with Crippen LogP contribution in [0.1, 0.15) is 19.1 Å². The number of rotatable bonds is 7. The molecule has 3 heterocycles. The van der Waals surface area contributed by atoms with Crippen molar-refractivity contribution in [3.8, 4) is 17.4 Å². The standard InChI is InChI=1S/C28H31N3O7S/c1-18(27(16-29)39(34,35)30-17-26-28(33)23(32)8-11-37-26)24-6-7-25(38-24)21-3-2-20-15-22(5-4-19(20)14-21)31-9-12-36-13-10-31/h2-7,14-15,23,26,28,30,32-33H,8-13,17H2,1H3/b27-18+/t23-,26-,28+/m1/s1. The number of nitriles is 1. The number of benzene rings is 2. The van der Waals surface area contributed by atoms with E-state index in [0.29, 0.717) is 5.76 Å². The second-order valence-corrected chi connectivity index (χ2v) is 11.4. The summed E-state index contributed by atoms with van der Waals surface area (Å²) in [5.74, 6) is 0.790. The molecule has 2 saturated heterocycles. The molecule has 0 spiro atoms. The van der Waals surface area contributed by atoms with Gasteiger partial charge in [0.05, 0.1) is 25.4 Å². The highest BCUT2D eigenvalue weighted by atomic mass is 32.2. The quantitative estimate of drug-likeness (QED) is 0.376. The Morgan fingerprint density at radius 1 is 1.08 bits per heavy atom. The number of fused-ring (bicyclic) bond motifs is 1. The number of ether oxygens (including phenoxy) is 2. The summed E-state index contributed by atoms with van der Waals surface area (Å²) in [5, 5.41) is 31.7. The van der Waals surface area contributed by atoms with Crippen LogP contribution >= 0.6 is 0 Å². The predicted molar refractivity (Wildman–Crippen MR) is 146 cm³/mol. The second-order valence-electron chi connectivity index (χ2n) is 9.68. The van der Waals surface area contributed by atoms with Gasteiger partial charge in [-0.05, 0) is 54.4 Å². The fourth-order valence-electron chi connectivity index (χ4n) is 4.86. The molecule has 3 aromatic rings. The van der Waals surface area contributed by atoms with Crippen molar-refractivity contribution in [2.45, 2.75) is 31.7 Å². The molecule has 0 aliphatic carbocycles. The number of anilines is 1. The average molecular weight is 554 g/mol. The van der Waals surface area contributed by atoms with E-state index in [1.807, 2.05) is 18.2 Å². The highest BCUT2D eigenvalue weighted by molar-refractivity contribution is 7.93. The van der Waals surface area contributed by atoms with Crippen LogP contribution in [-0.4, -0.2) is 76.4 Å². The van der Waals surface area contributed by atoms with Gasteiger partial charge in [0, 0.05) is 43.1 Å². The number of nitrogens with zero attached hydrogens (tertiary/aromatic N) is 2. The van der Waals surface area contributed by atoms with E-state index in [0.717, 1.165) is 48.3 Å². The molecule has 0 amide bonds. The Morgan fingerprint density at radius 3 is 2.59 bits per heavy atom. The monoisotopic (exact) mass is 553 g/mol. The van der Waals surface area contributed by atoms with Gasteiger partial charge in [-0.3, -0.25) is 0 Å². The Balaban J connectivity index is 1.34. The molecule has 0 radical (unpaired) electrons. The second kappa shape index (κ2) is 11.5. The summed E-state index contributed by atoms with van der Waals surface area (Å²) in [7, 11) is -4.23. The lowest BCUT2D eigenvalue weighted by Gasteiger charge is -2.31. The number of aliphatic hydroxyl groups excluding tert-OH is 2. The number of nitrogens with one attached hydrogen (secondary N) is 1. The Hall–Kier alpha value is -3.24. The fraction of sp³-hybridized carbons (Fsp3) is 0.393. The lowest BCUT2D eigenvalue weighted by molar-refractivity contribution is -0.131. The molecule has 2 aliphatic rings. The van der Waals surface area contributed by atoms with Crippen molar-refractivity contribution in [2.24, 2.45) is 0 Å². The number of aliphatic hydroxyl groups is 2. The maximum absolute atomic E-state index is 12.9. The van der Waals surface area contributed by atoms with Crippen LogP contribution in [0.5, 0.6) is 0 Å². The van der Waals surface area contributed by atoms with Gasteiger partial charge >= 0.3 is 0 Å². The fourth-order valence-corrected chi connectivity index (χ4v) is 6.01. The van der Waals surface area contributed by atoms with Crippen LogP contribution in [0.4, 0.5) is 5.69 Å². The summed E-state index contributed by atoms with van der Waals surface area (Å²) in [5.41, 5.74) is 2.12. The molecule has 5 rings (SSSR count). The zero-order chi connectivity index (χ0) is 27.6. The Morgan fingerprint density at radius 2 is 1.82 bits per heavy atom. The van der Waals surface area contributed by atoms with Gasteiger partial charge in [0.1, 0.15) is 23.7 Å². The molecule has 39 heavy (non-hydrogen) atoms. The Labute approximate surface area is 227 Å². The normalized spacial score (nSPS) is 22.9. The third-order valence-electron chi connectivity index (χ3n) is 7.17. The van der Waals surface area contributed by atoms with Crippen LogP contribution in [0.3, 0.4) is 0 Å². The lowest BCUT2D eigenvalue weighted by atomic mass is 10.0. The van der Waals surface area contributed by atoms with E-state index < -0.39 is 33.2 Å². The molecule has 11 heteroatoms. The van der Waals surface area contributed by atoms with Crippen molar-refractivity contribution >= 4 is 32.1 Å². The maximum atomic E-state index is 12.9. The SMILES string of the molecule is C/C(=C(/C#N)S(=O)(=O)NC[C@H]1OCC[C@@H](O)[C@@H]1O)c1ccc(-c2ccc3cc(N4CCOCC4)ccc3c2)o1. The molecule has 2 aliphatic heterocycles. The summed E-state index contributed by atoms with van der Waals surface area (Å²) >= 11 is 0. The summed E-state index contributed by atoms with van der Waals surface area (Å²) in [6.45, 7) is 4.58. The van der Waals surface area contributed by atoms with Crippen molar-refractivity contribution in [1.29, 1.82) is 5.26 Å². The van der Waals surface area contributed by atoms with Crippen molar-refractivity contribution in [1.82, 2.24) is 4.72 Å². The molecule has 0 saturated carbocycles. The molecule has 3 N–H and O–H groups in total. The largest absolute Gasteiger partial charge is 0.456 e. The number of hydrogen-bond acceptors (Lipinski definition) is 9. The molecule has 2 fully saturated rings. The number of morpholine rings is 1. The zero-order valence-electron chi connectivity index (χ0n) is 21.5. The smallest absolute Gasteiger partial charge is 0.251 e. The van der Waals surface area contributed by atoms with Crippen LogP contribution < -0.4 is 9.62 Å². The molecule has 1 aromatic heterocycles. The highest BCUT2D eigenvalue weighted by Gasteiger charge is 2.33. The minimum absolute atomic E-state index is 0.150. The molecule has 10 nitrogen and oxygen atoms in total. The third-order valence-corrected chi connectivity index (χ3v) is 8.65. The van der Waals surface area contributed by atoms with Gasteiger partial charge in [0.15, 0.2) is 4.91 Å². The van der Waals surface area contributed by atoms with E-state index >= 15 is 0 Å². The third kappa shape index (κ3) is 5.86. The Bertz CT molecular complexity index is 1520. The van der Waals surface area contributed by atoms with Crippen molar-refractivity contribution in [3.05, 3.63) is 59.2 Å². The van der Waals surface area contributed by atoms with Crippen molar-refractivity contribution < 1.29 is 32.5 Å². The first-order valence-electron chi connectivity index (χ1n) is 12.8. The zero-order valence-corrected chi connectivity index (χ0v) is 22.4. The van der Waals surface area contributed by atoms with Gasteiger partial charge in [0.2, 0.25) is 0 Å². The topological polar surface area (TPSA) is 145 Å². The molecule has 2 aromatic carbocycles. The summed E-state index contributed by atoms with van der Waals surface area (Å²) in [4.78, 5) is 1.80. The summed E-state index contributed by atoms with van der Waals surface area (Å²) in [6, 6.07) is 17.4. The van der Waals surface area contributed by atoms with Crippen LogP contribution in [0.25, 0.3) is 27.7 Å². The molecular weight excluding hydrogens is 522 g/mol. The van der Waals surface area contributed by atoms with Crippen LogP contribution in [-0.2, 0) is 19.5 Å². The van der Waals surface area contributed by atoms with Crippen LogP contribution in [0.15, 0.2) is 57.9 Å². The molecular formula is C28H31N3O7S. The highest BCUT2D eigenvalue weighted by Crippen LogP contribution is 2.32. The van der Waals surface area contributed by atoms with Crippen molar-refractivity contribution in [3.63, 3.8) is 0 Å². The molecule has 3 atom stereocenters. The minimum Gasteiger partial charge on any atom is -0.456 e. The van der Waals surface area contributed by atoms with Gasteiger partial charge < -0.3 is 29.0 Å². The van der Waals surface area contributed by atoms with Crippen LogP contribution in [0, 0.1) is 11.3 Å². The van der Waals surface area contributed by atoms with E-state index in [1.165, 1.54) is 6.92 Å². The van der Waals surface area contributed by atoms with Gasteiger partial charge in [-0.25, -0.2) is 13.1 Å².